The Kier molecular flexibility index (Phi) is 7.69. The fourth-order valence-electron chi connectivity index (χ4n) is 4.14. The van der Waals surface area contributed by atoms with E-state index in [-0.39, 0.29) is 17.9 Å². The van der Waals surface area contributed by atoms with E-state index in [0.29, 0.717) is 63.0 Å². The molecule has 8 nitrogen and oxygen atoms in total. The fraction of sp³-hybridized carbons (Fsp3) is 0.385. The standard InChI is InChI=1S/C26H31N5O3/c1-19-6-3-4-8-22(19)18-31(17-21-7-5-11-27-16-21)24(32)10-9-23-20(2)28-26(29-25(23)33)30-12-14-34-15-13-30/h3-8,11,16H,9-10,12-15,17-18H2,1-2H3,(H,28,29,33). The monoisotopic (exact) mass is 461 g/mol. The molecule has 0 saturated carbocycles. The summed E-state index contributed by atoms with van der Waals surface area (Å²) in [4.78, 5) is 41.7. The second-order valence-electron chi connectivity index (χ2n) is 8.59. The molecule has 0 radical (unpaired) electrons. The summed E-state index contributed by atoms with van der Waals surface area (Å²) in [7, 11) is 0. The van der Waals surface area contributed by atoms with Crippen molar-refractivity contribution in [2.75, 3.05) is 31.2 Å². The lowest BCUT2D eigenvalue weighted by Gasteiger charge is -2.27. The molecule has 4 rings (SSSR count). The Bertz CT molecular complexity index is 1170. The molecule has 1 saturated heterocycles. The summed E-state index contributed by atoms with van der Waals surface area (Å²) in [6.45, 7) is 7.48. The molecule has 2 aromatic heterocycles. The quantitative estimate of drug-likeness (QED) is 0.555. The molecule has 1 N–H and O–H groups in total. The van der Waals surface area contributed by atoms with Crippen LogP contribution in [0.1, 0.15) is 34.4 Å². The third kappa shape index (κ3) is 5.88. The number of morpholine rings is 1. The van der Waals surface area contributed by atoms with E-state index in [2.05, 4.69) is 15.0 Å². The second kappa shape index (κ2) is 11.1. The van der Waals surface area contributed by atoms with E-state index >= 15 is 0 Å². The molecule has 1 aliphatic rings. The molecular formula is C26H31N5O3. The van der Waals surface area contributed by atoms with Gasteiger partial charge >= 0.3 is 0 Å². The average Bonchev–Trinajstić information content (AvgIpc) is 2.85. The summed E-state index contributed by atoms with van der Waals surface area (Å²) in [5, 5.41) is 0. The lowest BCUT2D eigenvalue weighted by atomic mass is 10.1. The van der Waals surface area contributed by atoms with Gasteiger partial charge in [-0.3, -0.25) is 19.6 Å². The maximum atomic E-state index is 13.3. The maximum absolute atomic E-state index is 13.3. The third-order valence-corrected chi connectivity index (χ3v) is 6.18. The van der Waals surface area contributed by atoms with E-state index < -0.39 is 0 Å². The number of amides is 1. The number of aromatic nitrogens is 3. The molecule has 3 aromatic rings. The van der Waals surface area contributed by atoms with Crippen LogP contribution < -0.4 is 10.5 Å². The number of pyridine rings is 1. The van der Waals surface area contributed by atoms with Crippen LogP contribution in [-0.4, -0.2) is 52.1 Å². The van der Waals surface area contributed by atoms with Crippen molar-refractivity contribution in [1.29, 1.82) is 0 Å². The summed E-state index contributed by atoms with van der Waals surface area (Å²) in [5.41, 5.74) is 4.25. The zero-order valence-electron chi connectivity index (χ0n) is 19.8. The van der Waals surface area contributed by atoms with Crippen molar-refractivity contribution in [3.05, 3.63) is 87.1 Å². The number of aryl methyl sites for hydroxylation is 2. The molecule has 0 atom stereocenters. The molecule has 178 valence electrons. The Morgan fingerprint density at radius 1 is 1.12 bits per heavy atom. The Hall–Kier alpha value is -3.52. The topological polar surface area (TPSA) is 91.4 Å². The van der Waals surface area contributed by atoms with E-state index in [1.54, 1.807) is 12.4 Å². The molecule has 1 aromatic carbocycles. The number of hydrogen-bond donors (Lipinski definition) is 1. The highest BCUT2D eigenvalue weighted by Gasteiger charge is 2.19. The molecule has 1 aliphatic heterocycles. The number of hydrogen-bond acceptors (Lipinski definition) is 6. The first-order valence-corrected chi connectivity index (χ1v) is 11.6. The minimum absolute atomic E-state index is 0.0110. The maximum Gasteiger partial charge on any atom is 0.255 e. The Morgan fingerprint density at radius 3 is 2.62 bits per heavy atom. The first-order valence-electron chi connectivity index (χ1n) is 11.6. The van der Waals surface area contributed by atoms with Gasteiger partial charge in [0.1, 0.15) is 0 Å². The summed E-state index contributed by atoms with van der Waals surface area (Å²) in [5.74, 6) is 0.557. The summed E-state index contributed by atoms with van der Waals surface area (Å²) < 4.78 is 5.38. The van der Waals surface area contributed by atoms with Gasteiger partial charge in [0.25, 0.3) is 5.56 Å². The van der Waals surface area contributed by atoms with Gasteiger partial charge in [-0.2, -0.15) is 0 Å². The molecule has 0 aliphatic carbocycles. The number of aromatic amines is 1. The SMILES string of the molecule is Cc1ccccc1CN(Cc1cccnc1)C(=O)CCc1c(C)nc(N2CCOCC2)[nH]c1=O. The van der Waals surface area contributed by atoms with Crippen LogP contribution in [0.25, 0.3) is 0 Å². The van der Waals surface area contributed by atoms with Crippen LogP contribution in [-0.2, 0) is 29.0 Å². The smallest absolute Gasteiger partial charge is 0.255 e. The lowest BCUT2D eigenvalue weighted by Crippen LogP contribution is -2.38. The number of anilines is 1. The molecule has 3 heterocycles. The van der Waals surface area contributed by atoms with Crippen LogP contribution in [0.2, 0.25) is 0 Å². The molecule has 1 fully saturated rings. The van der Waals surface area contributed by atoms with E-state index in [1.807, 2.05) is 60.0 Å². The number of ether oxygens (including phenoxy) is 1. The molecule has 8 heteroatoms. The summed E-state index contributed by atoms with van der Waals surface area (Å²) >= 11 is 0. The van der Waals surface area contributed by atoms with Crippen LogP contribution in [0.5, 0.6) is 0 Å². The van der Waals surface area contributed by atoms with E-state index in [0.717, 1.165) is 16.7 Å². The Balaban J connectivity index is 1.48. The van der Waals surface area contributed by atoms with Crippen molar-refractivity contribution < 1.29 is 9.53 Å². The van der Waals surface area contributed by atoms with Crippen LogP contribution in [0, 0.1) is 13.8 Å². The number of nitrogens with zero attached hydrogens (tertiary/aromatic N) is 4. The number of benzene rings is 1. The van der Waals surface area contributed by atoms with Crippen molar-refractivity contribution in [2.24, 2.45) is 0 Å². The van der Waals surface area contributed by atoms with Gasteiger partial charge in [0, 0.05) is 56.3 Å². The predicted molar refractivity (Wildman–Crippen MR) is 131 cm³/mol. The average molecular weight is 462 g/mol. The Labute approximate surface area is 199 Å². The lowest BCUT2D eigenvalue weighted by molar-refractivity contribution is -0.132. The first-order chi connectivity index (χ1) is 16.5. The minimum atomic E-state index is -0.181. The fourth-order valence-corrected chi connectivity index (χ4v) is 4.14. The van der Waals surface area contributed by atoms with Crippen LogP contribution in [0.3, 0.4) is 0 Å². The van der Waals surface area contributed by atoms with Crippen molar-refractivity contribution in [1.82, 2.24) is 19.9 Å². The summed E-state index contributed by atoms with van der Waals surface area (Å²) in [6, 6.07) is 11.9. The van der Waals surface area contributed by atoms with Crippen LogP contribution >= 0.6 is 0 Å². The molecule has 0 bridgehead atoms. The highest BCUT2D eigenvalue weighted by Crippen LogP contribution is 2.16. The van der Waals surface area contributed by atoms with E-state index in [4.69, 9.17) is 4.74 Å². The normalized spacial score (nSPS) is 13.6. The number of H-pyrrole nitrogens is 1. The molecule has 0 unspecified atom stereocenters. The Morgan fingerprint density at radius 2 is 1.91 bits per heavy atom. The number of rotatable bonds is 8. The zero-order chi connectivity index (χ0) is 23.9. The molecular weight excluding hydrogens is 430 g/mol. The van der Waals surface area contributed by atoms with Gasteiger partial charge in [-0.1, -0.05) is 30.3 Å². The van der Waals surface area contributed by atoms with Crippen molar-refractivity contribution in [3.63, 3.8) is 0 Å². The number of carbonyl (C=O) groups excluding carboxylic acids is 1. The largest absolute Gasteiger partial charge is 0.378 e. The highest BCUT2D eigenvalue weighted by atomic mass is 16.5. The van der Waals surface area contributed by atoms with E-state index in [1.165, 1.54) is 0 Å². The molecule has 0 spiro atoms. The molecule has 34 heavy (non-hydrogen) atoms. The highest BCUT2D eigenvalue weighted by molar-refractivity contribution is 5.76. The zero-order valence-corrected chi connectivity index (χ0v) is 19.8. The van der Waals surface area contributed by atoms with Gasteiger partial charge in [0.2, 0.25) is 11.9 Å². The minimum Gasteiger partial charge on any atom is -0.378 e. The van der Waals surface area contributed by atoms with Crippen LogP contribution in [0.15, 0.2) is 53.6 Å². The van der Waals surface area contributed by atoms with Crippen molar-refractivity contribution in [3.8, 4) is 0 Å². The first kappa shape index (κ1) is 23.6. The number of nitrogens with one attached hydrogen (secondary N) is 1. The van der Waals surface area contributed by atoms with Gasteiger partial charge in [-0.25, -0.2) is 4.98 Å². The second-order valence-corrected chi connectivity index (χ2v) is 8.59. The van der Waals surface area contributed by atoms with E-state index in [9.17, 15) is 9.59 Å². The van der Waals surface area contributed by atoms with Gasteiger partial charge < -0.3 is 14.5 Å². The van der Waals surface area contributed by atoms with Crippen molar-refractivity contribution >= 4 is 11.9 Å². The van der Waals surface area contributed by atoms with Gasteiger partial charge in [-0.15, -0.1) is 0 Å². The van der Waals surface area contributed by atoms with Gasteiger partial charge in [0.05, 0.1) is 13.2 Å². The van der Waals surface area contributed by atoms with Crippen LogP contribution in [0.4, 0.5) is 5.95 Å². The summed E-state index contributed by atoms with van der Waals surface area (Å²) in [6.07, 6.45) is 4.07. The van der Waals surface area contributed by atoms with Gasteiger partial charge in [-0.05, 0) is 43.0 Å². The predicted octanol–water partition coefficient (Wildman–Crippen LogP) is 2.78. The van der Waals surface area contributed by atoms with Crippen molar-refractivity contribution in [2.45, 2.75) is 39.8 Å². The third-order valence-electron chi connectivity index (χ3n) is 6.18. The van der Waals surface area contributed by atoms with Gasteiger partial charge in [0.15, 0.2) is 0 Å². The molecule has 1 amide bonds. The number of carbonyl (C=O) groups is 1.